The lowest BCUT2D eigenvalue weighted by atomic mass is 10.1. The second-order valence-corrected chi connectivity index (χ2v) is 5.70. The third kappa shape index (κ3) is 4.78. The fourth-order valence-electron chi connectivity index (χ4n) is 2.50. The number of ether oxygens (including phenoxy) is 1. The van der Waals surface area contributed by atoms with Crippen LogP contribution in [0.5, 0.6) is 5.75 Å². The van der Waals surface area contributed by atoms with Gasteiger partial charge in [0.2, 0.25) is 0 Å². The summed E-state index contributed by atoms with van der Waals surface area (Å²) in [5.41, 5.74) is 1.64. The highest BCUT2D eigenvalue weighted by molar-refractivity contribution is 5.92. The summed E-state index contributed by atoms with van der Waals surface area (Å²) in [6.45, 7) is 5.55. The van der Waals surface area contributed by atoms with E-state index < -0.39 is 5.97 Å². The molecule has 0 aromatic heterocycles. The van der Waals surface area contributed by atoms with Crippen LogP contribution in [-0.4, -0.2) is 24.2 Å². The summed E-state index contributed by atoms with van der Waals surface area (Å²) < 4.78 is 6.09. The lowest BCUT2D eigenvalue weighted by Gasteiger charge is -2.19. The van der Waals surface area contributed by atoms with Gasteiger partial charge in [-0.1, -0.05) is 19.4 Å². The molecule has 0 unspecified atom stereocenters. The third-order valence-electron chi connectivity index (χ3n) is 3.73. The van der Waals surface area contributed by atoms with Crippen LogP contribution >= 0.6 is 0 Å². The van der Waals surface area contributed by atoms with Crippen molar-refractivity contribution in [3.8, 4) is 5.75 Å². The fraction of sp³-hybridized carbons (Fsp3) is 0.421. The molecule has 0 saturated carbocycles. The second kappa shape index (κ2) is 9.01. The van der Waals surface area contributed by atoms with Crippen LogP contribution in [-0.2, 0) is 0 Å². The number of allylic oxidation sites excluding steroid dienone is 3. The van der Waals surface area contributed by atoms with Gasteiger partial charge < -0.3 is 20.5 Å². The van der Waals surface area contributed by atoms with Crippen LogP contribution in [0, 0.1) is 0 Å². The largest absolute Gasteiger partial charge is 0.478 e. The van der Waals surface area contributed by atoms with Gasteiger partial charge in [0, 0.05) is 13.1 Å². The first-order valence-electron chi connectivity index (χ1n) is 8.59. The Hall–Kier alpha value is -2.43. The maximum absolute atomic E-state index is 11.4. The minimum Gasteiger partial charge on any atom is -0.478 e. The minimum atomic E-state index is -0.948. The van der Waals surface area contributed by atoms with E-state index in [0.717, 1.165) is 38.0 Å². The van der Waals surface area contributed by atoms with Gasteiger partial charge in [0.1, 0.15) is 5.76 Å². The average Bonchev–Trinajstić information content (AvgIpc) is 2.58. The molecule has 2 rings (SSSR count). The summed E-state index contributed by atoms with van der Waals surface area (Å²) in [6, 6.07) is 3.26. The number of carboxylic acids is 1. The zero-order valence-electron chi connectivity index (χ0n) is 14.4. The number of hydrogen-bond donors (Lipinski definition) is 3. The predicted octanol–water partition coefficient (Wildman–Crippen LogP) is 4.64. The summed E-state index contributed by atoms with van der Waals surface area (Å²) in [5.74, 6) is 0.494. The second-order valence-electron chi connectivity index (χ2n) is 5.70. The number of anilines is 2. The summed E-state index contributed by atoms with van der Waals surface area (Å²) in [6.07, 6.45) is 10.1. The zero-order valence-corrected chi connectivity index (χ0v) is 14.4. The molecule has 130 valence electrons. The molecule has 1 aromatic rings. The van der Waals surface area contributed by atoms with E-state index in [9.17, 15) is 9.90 Å². The SMILES string of the molecule is CCCCNc1cc(C(=O)O)cc(NCC)c1OC1=CCCC=C1. The molecule has 5 heteroatoms. The van der Waals surface area contributed by atoms with Crippen LogP contribution in [0.4, 0.5) is 11.4 Å². The van der Waals surface area contributed by atoms with Gasteiger partial charge >= 0.3 is 5.97 Å². The van der Waals surface area contributed by atoms with Crippen molar-refractivity contribution in [3.63, 3.8) is 0 Å². The van der Waals surface area contributed by atoms with E-state index in [1.165, 1.54) is 0 Å². The van der Waals surface area contributed by atoms with Crippen molar-refractivity contribution in [2.75, 3.05) is 23.7 Å². The first kappa shape index (κ1) is 17.9. The van der Waals surface area contributed by atoms with Gasteiger partial charge in [-0.15, -0.1) is 0 Å². The van der Waals surface area contributed by atoms with Crippen molar-refractivity contribution < 1.29 is 14.6 Å². The number of rotatable bonds is 9. The Balaban J connectivity index is 2.39. The van der Waals surface area contributed by atoms with Crippen LogP contribution in [0.3, 0.4) is 0 Å². The number of aromatic carboxylic acids is 1. The zero-order chi connectivity index (χ0) is 17.4. The molecule has 24 heavy (non-hydrogen) atoms. The Bertz CT molecular complexity index is 636. The maximum Gasteiger partial charge on any atom is 0.335 e. The number of hydrogen-bond acceptors (Lipinski definition) is 4. The van der Waals surface area contributed by atoms with Crippen molar-refractivity contribution in [1.82, 2.24) is 0 Å². The van der Waals surface area contributed by atoms with Gasteiger partial charge in [0.05, 0.1) is 16.9 Å². The van der Waals surface area contributed by atoms with Gasteiger partial charge in [0.25, 0.3) is 0 Å². The van der Waals surface area contributed by atoms with Crippen molar-refractivity contribution in [2.24, 2.45) is 0 Å². The summed E-state index contributed by atoms with van der Waals surface area (Å²) in [7, 11) is 0. The number of benzene rings is 1. The molecular weight excluding hydrogens is 304 g/mol. The van der Waals surface area contributed by atoms with Gasteiger partial charge in [-0.3, -0.25) is 0 Å². The quantitative estimate of drug-likeness (QED) is 0.575. The van der Waals surface area contributed by atoms with E-state index in [4.69, 9.17) is 4.74 Å². The van der Waals surface area contributed by atoms with Gasteiger partial charge in [-0.25, -0.2) is 4.79 Å². The molecule has 0 aliphatic heterocycles. The van der Waals surface area contributed by atoms with Crippen LogP contribution in [0.2, 0.25) is 0 Å². The summed E-state index contributed by atoms with van der Waals surface area (Å²) in [5, 5.41) is 15.9. The first-order valence-corrected chi connectivity index (χ1v) is 8.59. The topological polar surface area (TPSA) is 70.6 Å². The Labute approximate surface area is 143 Å². The highest BCUT2D eigenvalue weighted by Gasteiger charge is 2.17. The normalized spacial score (nSPS) is 13.3. The Morgan fingerprint density at radius 2 is 1.96 bits per heavy atom. The van der Waals surface area contributed by atoms with Crippen LogP contribution in [0.1, 0.15) is 49.9 Å². The van der Waals surface area contributed by atoms with E-state index in [1.807, 2.05) is 13.0 Å². The van der Waals surface area contributed by atoms with E-state index in [-0.39, 0.29) is 5.56 Å². The number of carbonyl (C=O) groups is 1. The Kier molecular flexibility index (Phi) is 6.73. The van der Waals surface area contributed by atoms with E-state index in [1.54, 1.807) is 12.1 Å². The molecule has 0 bridgehead atoms. The highest BCUT2D eigenvalue weighted by Crippen LogP contribution is 2.37. The monoisotopic (exact) mass is 330 g/mol. The van der Waals surface area contributed by atoms with Gasteiger partial charge in [0.15, 0.2) is 5.75 Å². The molecule has 0 spiro atoms. The minimum absolute atomic E-state index is 0.241. The molecule has 3 N–H and O–H groups in total. The van der Waals surface area contributed by atoms with E-state index in [2.05, 4.69) is 29.7 Å². The summed E-state index contributed by atoms with van der Waals surface area (Å²) in [4.78, 5) is 11.4. The average molecular weight is 330 g/mol. The third-order valence-corrected chi connectivity index (χ3v) is 3.73. The molecule has 1 aliphatic rings. The van der Waals surface area contributed by atoms with Crippen molar-refractivity contribution in [3.05, 3.63) is 41.7 Å². The van der Waals surface area contributed by atoms with Crippen LogP contribution < -0.4 is 15.4 Å². The summed E-state index contributed by atoms with van der Waals surface area (Å²) >= 11 is 0. The first-order chi connectivity index (χ1) is 11.7. The van der Waals surface area contributed by atoms with E-state index >= 15 is 0 Å². The number of carboxylic acid groups (broad SMARTS) is 1. The predicted molar refractivity (Wildman–Crippen MR) is 98.0 cm³/mol. The van der Waals surface area contributed by atoms with Crippen LogP contribution in [0.25, 0.3) is 0 Å². The molecular formula is C19H26N2O3. The lowest BCUT2D eigenvalue weighted by molar-refractivity contribution is 0.0697. The van der Waals surface area contributed by atoms with Crippen molar-refractivity contribution >= 4 is 17.3 Å². The highest BCUT2D eigenvalue weighted by atomic mass is 16.5. The Morgan fingerprint density at radius 3 is 2.54 bits per heavy atom. The standard InChI is InChI=1S/C19H26N2O3/c1-3-5-11-21-17-13-14(19(22)23)12-16(20-4-2)18(17)24-15-9-7-6-8-10-15/h7,9-10,12-13,20-21H,3-6,8,11H2,1-2H3,(H,22,23). The fourth-order valence-corrected chi connectivity index (χ4v) is 2.50. The smallest absolute Gasteiger partial charge is 0.335 e. The molecule has 0 atom stereocenters. The molecule has 5 nitrogen and oxygen atoms in total. The molecule has 0 saturated heterocycles. The Morgan fingerprint density at radius 1 is 1.21 bits per heavy atom. The molecule has 0 fully saturated rings. The van der Waals surface area contributed by atoms with Crippen LogP contribution in [0.15, 0.2) is 36.1 Å². The molecule has 0 radical (unpaired) electrons. The maximum atomic E-state index is 11.4. The van der Waals surface area contributed by atoms with Gasteiger partial charge in [-0.05, 0) is 50.5 Å². The van der Waals surface area contributed by atoms with Crippen molar-refractivity contribution in [2.45, 2.75) is 39.5 Å². The number of nitrogens with one attached hydrogen (secondary N) is 2. The molecule has 0 heterocycles. The molecule has 1 aromatic carbocycles. The van der Waals surface area contributed by atoms with Gasteiger partial charge in [-0.2, -0.15) is 0 Å². The molecule has 1 aliphatic carbocycles. The van der Waals surface area contributed by atoms with E-state index in [0.29, 0.717) is 23.7 Å². The van der Waals surface area contributed by atoms with Crippen molar-refractivity contribution in [1.29, 1.82) is 0 Å². The lowest BCUT2D eigenvalue weighted by Crippen LogP contribution is -2.10. The molecule has 0 amide bonds. The number of unbranched alkanes of at least 4 members (excludes halogenated alkanes) is 1.